The van der Waals surface area contributed by atoms with Crippen LogP contribution in [-0.4, -0.2) is 50.3 Å². The standard InChI is InChI=1S/C23H27N3O5S/c1-17(27)20-8-4-9-21(13-20)26(32(2,30)31)16-22(28)24-14-18-6-3-7-19(12-18)15-25-11-5-10-23(25)29/h3-4,6-9,12-13H,5,10-11,14-16H2,1-2H3,(H,24,28). The van der Waals surface area contributed by atoms with Gasteiger partial charge in [0, 0.05) is 31.6 Å². The minimum Gasteiger partial charge on any atom is -0.350 e. The highest BCUT2D eigenvalue weighted by molar-refractivity contribution is 7.92. The third-order valence-corrected chi connectivity index (χ3v) is 6.39. The zero-order chi connectivity index (χ0) is 23.3. The third-order valence-electron chi connectivity index (χ3n) is 5.25. The zero-order valence-corrected chi connectivity index (χ0v) is 19.0. The number of amides is 2. The molecule has 2 aromatic rings. The fourth-order valence-electron chi connectivity index (χ4n) is 3.60. The van der Waals surface area contributed by atoms with E-state index in [0.717, 1.165) is 34.7 Å². The second-order valence-electron chi connectivity index (χ2n) is 7.89. The molecular formula is C23H27N3O5S. The largest absolute Gasteiger partial charge is 0.350 e. The Kier molecular flexibility index (Phi) is 7.29. The number of anilines is 1. The molecule has 0 spiro atoms. The number of carbonyl (C=O) groups is 3. The number of Topliss-reactive ketones (excluding diaryl/α,β-unsaturated/α-hetero) is 1. The van der Waals surface area contributed by atoms with Gasteiger partial charge in [0.2, 0.25) is 21.8 Å². The lowest BCUT2D eigenvalue weighted by Crippen LogP contribution is -2.40. The van der Waals surface area contributed by atoms with Crippen LogP contribution in [0.3, 0.4) is 0 Å². The van der Waals surface area contributed by atoms with Gasteiger partial charge in [-0.1, -0.05) is 36.4 Å². The first-order valence-corrected chi connectivity index (χ1v) is 12.2. The highest BCUT2D eigenvalue weighted by Gasteiger charge is 2.22. The summed E-state index contributed by atoms with van der Waals surface area (Å²) >= 11 is 0. The molecule has 3 rings (SSSR count). The summed E-state index contributed by atoms with van der Waals surface area (Å²) in [5.41, 5.74) is 2.45. The van der Waals surface area contributed by atoms with Crippen molar-refractivity contribution in [2.75, 3.05) is 23.7 Å². The fourth-order valence-corrected chi connectivity index (χ4v) is 4.44. The summed E-state index contributed by atoms with van der Waals surface area (Å²) in [6.45, 7) is 2.51. The molecule has 0 bridgehead atoms. The number of nitrogens with zero attached hydrogens (tertiary/aromatic N) is 2. The summed E-state index contributed by atoms with van der Waals surface area (Å²) in [7, 11) is -3.74. The fraction of sp³-hybridized carbons (Fsp3) is 0.348. The number of rotatable bonds is 9. The van der Waals surface area contributed by atoms with E-state index in [4.69, 9.17) is 0 Å². The number of nitrogens with one attached hydrogen (secondary N) is 1. The molecule has 1 fully saturated rings. The number of sulfonamides is 1. The van der Waals surface area contributed by atoms with E-state index < -0.39 is 22.5 Å². The van der Waals surface area contributed by atoms with Crippen molar-refractivity contribution in [3.8, 4) is 0 Å². The average molecular weight is 458 g/mol. The maximum atomic E-state index is 12.5. The summed E-state index contributed by atoms with van der Waals surface area (Å²) < 4.78 is 25.6. The zero-order valence-electron chi connectivity index (χ0n) is 18.2. The van der Waals surface area contributed by atoms with Crippen molar-refractivity contribution in [2.45, 2.75) is 32.9 Å². The van der Waals surface area contributed by atoms with Crippen molar-refractivity contribution in [1.82, 2.24) is 10.2 Å². The predicted octanol–water partition coefficient (Wildman–Crippen LogP) is 2.09. The molecule has 2 aromatic carbocycles. The SMILES string of the molecule is CC(=O)c1cccc(N(CC(=O)NCc2cccc(CN3CCCC3=O)c2)S(C)(=O)=O)c1. The first kappa shape index (κ1) is 23.5. The molecule has 1 N–H and O–H groups in total. The van der Waals surface area contributed by atoms with Crippen LogP contribution in [0.15, 0.2) is 48.5 Å². The van der Waals surface area contributed by atoms with Crippen molar-refractivity contribution < 1.29 is 22.8 Å². The molecule has 32 heavy (non-hydrogen) atoms. The molecule has 2 amide bonds. The molecule has 170 valence electrons. The molecule has 8 nitrogen and oxygen atoms in total. The topological polar surface area (TPSA) is 104 Å². The second kappa shape index (κ2) is 9.95. The van der Waals surface area contributed by atoms with E-state index in [1.165, 1.54) is 13.0 Å². The van der Waals surface area contributed by atoms with Gasteiger partial charge in [0.1, 0.15) is 6.54 Å². The van der Waals surface area contributed by atoms with Crippen molar-refractivity contribution in [3.05, 3.63) is 65.2 Å². The quantitative estimate of drug-likeness (QED) is 0.581. The van der Waals surface area contributed by atoms with Crippen LogP contribution in [0.4, 0.5) is 5.69 Å². The lowest BCUT2D eigenvalue weighted by molar-refractivity contribution is -0.128. The van der Waals surface area contributed by atoms with Crippen LogP contribution in [0.5, 0.6) is 0 Å². The maximum Gasteiger partial charge on any atom is 0.241 e. The Morgan fingerprint density at radius 2 is 1.81 bits per heavy atom. The van der Waals surface area contributed by atoms with Gasteiger partial charge in [-0.25, -0.2) is 8.42 Å². The highest BCUT2D eigenvalue weighted by Crippen LogP contribution is 2.19. The Bertz CT molecular complexity index is 1130. The highest BCUT2D eigenvalue weighted by atomic mass is 32.2. The smallest absolute Gasteiger partial charge is 0.241 e. The van der Waals surface area contributed by atoms with Crippen molar-refractivity contribution in [3.63, 3.8) is 0 Å². The van der Waals surface area contributed by atoms with Crippen LogP contribution in [0.2, 0.25) is 0 Å². The van der Waals surface area contributed by atoms with Gasteiger partial charge in [-0.05, 0) is 36.6 Å². The molecule has 0 unspecified atom stereocenters. The normalized spacial score (nSPS) is 13.8. The molecular weight excluding hydrogens is 430 g/mol. The molecule has 0 atom stereocenters. The Morgan fingerprint density at radius 1 is 1.09 bits per heavy atom. The number of hydrogen-bond donors (Lipinski definition) is 1. The maximum absolute atomic E-state index is 12.5. The predicted molar refractivity (Wildman–Crippen MR) is 122 cm³/mol. The summed E-state index contributed by atoms with van der Waals surface area (Å²) in [5, 5.41) is 2.75. The van der Waals surface area contributed by atoms with E-state index in [1.807, 2.05) is 29.2 Å². The lowest BCUT2D eigenvalue weighted by atomic mass is 10.1. The summed E-state index contributed by atoms with van der Waals surface area (Å²) in [5.74, 6) is -0.512. The van der Waals surface area contributed by atoms with Crippen LogP contribution in [0.1, 0.15) is 41.3 Å². The van der Waals surface area contributed by atoms with Crippen LogP contribution >= 0.6 is 0 Å². The van der Waals surface area contributed by atoms with Gasteiger partial charge in [0.05, 0.1) is 11.9 Å². The molecule has 9 heteroatoms. The van der Waals surface area contributed by atoms with Crippen LogP contribution in [-0.2, 0) is 32.7 Å². The minimum atomic E-state index is -3.74. The van der Waals surface area contributed by atoms with E-state index >= 15 is 0 Å². The van der Waals surface area contributed by atoms with Gasteiger partial charge < -0.3 is 10.2 Å². The summed E-state index contributed by atoms with van der Waals surface area (Å²) in [4.78, 5) is 37.8. The molecule has 0 radical (unpaired) electrons. The molecule has 0 saturated carbocycles. The van der Waals surface area contributed by atoms with Crippen LogP contribution < -0.4 is 9.62 Å². The van der Waals surface area contributed by atoms with Gasteiger partial charge in [0.25, 0.3) is 0 Å². The van der Waals surface area contributed by atoms with Crippen LogP contribution in [0, 0.1) is 0 Å². The number of carbonyl (C=O) groups excluding carboxylic acids is 3. The van der Waals surface area contributed by atoms with Gasteiger partial charge in [-0.3, -0.25) is 18.7 Å². The van der Waals surface area contributed by atoms with Crippen molar-refractivity contribution >= 4 is 33.3 Å². The number of benzene rings is 2. The van der Waals surface area contributed by atoms with E-state index in [1.54, 1.807) is 18.2 Å². The molecule has 1 saturated heterocycles. The Labute approximate surface area is 188 Å². The Morgan fingerprint density at radius 3 is 2.47 bits per heavy atom. The van der Waals surface area contributed by atoms with Crippen LogP contribution in [0.25, 0.3) is 0 Å². The molecule has 1 heterocycles. The van der Waals surface area contributed by atoms with Gasteiger partial charge in [-0.2, -0.15) is 0 Å². The molecule has 1 aliphatic heterocycles. The van der Waals surface area contributed by atoms with E-state index in [-0.39, 0.29) is 23.9 Å². The Balaban J connectivity index is 1.65. The first-order chi connectivity index (χ1) is 15.1. The monoisotopic (exact) mass is 457 g/mol. The summed E-state index contributed by atoms with van der Waals surface area (Å²) in [6, 6.07) is 13.8. The molecule has 1 aliphatic rings. The Hall–Kier alpha value is -3.20. The van der Waals surface area contributed by atoms with E-state index in [9.17, 15) is 22.8 Å². The minimum absolute atomic E-state index is 0.151. The molecule has 0 aliphatic carbocycles. The second-order valence-corrected chi connectivity index (χ2v) is 9.80. The molecule has 0 aromatic heterocycles. The summed E-state index contributed by atoms with van der Waals surface area (Å²) in [6.07, 6.45) is 2.48. The number of hydrogen-bond acceptors (Lipinski definition) is 5. The number of ketones is 1. The van der Waals surface area contributed by atoms with Crippen molar-refractivity contribution in [2.24, 2.45) is 0 Å². The lowest BCUT2D eigenvalue weighted by Gasteiger charge is -2.22. The van der Waals surface area contributed by atoms with E-state index in [2.05, 4.69) is 5.32 Å². The average Bonchev–Trinajstić information content (AvgIpc) is 3.14. The first-order valence-electron chi connectivity index (χ1n) is 10.3. The number of likely N-dealkylation sites (tertiary alicyclic amines) is 1. The van der Waals surface area contributed by atoms with Gasteiger partial charge in [-0.15, -0.1) is 0 Å². The third kappa shape index (κ3) is 6.16. The van der Waals surface area contributed by atoms with Gasteiger partial charge >= 0.3 is 0 Å². The van der Waals surface area contributed by atoms with Crippen molar-refractivity contribution in [1.29, 1.82) is 0 Å². The van der Waals surface area contributed by atoms with E-state index in [0.29, 0.717) is 18.5 Å². The van der Waals surface area contributed by atoms with Gasteiger partial charge in [0.15, 0.2) is 5.78 Å².